The molecule has 0 spiro atoms. The Morgan fingerprint density at radius 2 is 1.67 bits per heavy atom. The zero-order valence-electron chi connectivity index (χ0n) is 12.6. The maximum absolute atomic E-state index is 4.84. The number of aryl methyl sites for hydroxylation is 3. The first-order valence-corrected chi connectivity index (χ1v) is 6.80. The molecule has 0 fully saturated rings. The second-order valence-corrected chi connectivity index (χ2v) is 5.94. The smallest absolute Gasteiger partial charge is 0.0547 e. The number of rotatable bonds is 2. The van der Waals surface area contributed by atoms with Gasteiger partial charge in [-0.05, 0) is 36.8 Å². The van der Waals surface area contributed by atoms with Crippen LogP contribution in [0.5, 0.6) is 0 Å². The van der Waals surface area contributed by atoms with Crippen LogP contribution >= 0.6 is 0 Å². The molecule has 0 bridgehead atoms. The highest BCUT2D eigenvalue weighted by Crippen LogP contribution is 2.34. The van der Waals surface area contributed by atoms with Gasteiger partial charge < -0.3 is 4.57 Å². The highest BCUT2D eigenvalue weighted by Gasteiger charge is 2.19. The average Bonchev–Trinajstić information content (AvgIpc) is 2.61. The summed E-state index contributed by atoms with van der Waals surface area (Å²) in [6.45, 7) is 13.3. The third kappa shape index (κ3) is 1.84. The van der Waals surface area contributed by atoms with E-state index < -0.39 is 0 Å². The standard InChI is InChI=1S/C16H24N2/c1-9(2)13-8-18(7)16-11(5)12(6)17-15(10(3)4)14(13)16/h8-10H,1-7H3. The van der Waals surface area contributed by atoms with Gasteiger partial charge in [0.2, 0.25) is 0 Å². The number of fused-ring (bicyclic) bond motifs is 1. The summed E-state index contributed by atoms with van der Waals surface area (Å²) in [6.07, 6.45) is 2.27. The Morgan fingerprint density at radius 3 is 2.17 bits per heavy atom. The van der Waals surface area contributed by atoms with Crippen molar-refractivity contribution >= 4 is 10.9 Å². The first-order valence-electron chi connectivity index (χ1n) is 6.80. The summed E-state index contributed by atoms with van der Waals surface area (Å²) in [7, 11) is 2.14. The van der Waals surface area contributed by atoms with Crippen LogP contribution in [0.1, 0.15) is 62.0 Å². The molecule has 2 aromatic rings. The summed E-state index contributed by atoms with van der Waals surface area (Å²) < 4.78 is 2.26. The third-order valence-corrected chi connectivity index (χ3v) is 3.82. The van der Waals surface area contributed by atoms with Crippen molar-refractivity contribution in [2.24, 2.45) is 7.05 Å². The van der Waals surface area contributed by atoms with Crippen molar-refractivity contribution in [1.82, 2.24) is 9.55 Å². The highest BCUT2D eigenvalue weighted by atomic mass is 14.9. The van der Waals surface area contributed by atoms with Gasteiger partial charge in [0.15, 0.2) is 0 Å². The Labute approximate surface area is 110 Å². The van der Waals surface area contributed by atoms with E-state index in [9.17, 15) is 0 Å². The van der Waals surface area contributed by atoms with Crippen LogP contribution in [0.2, 0.25) is 0 Å². The SMILES string of the molecule is Cc1nc(C(C)C)c2c(C(C)C)cn(C)c2c1C. The summed E-state index contributed by atoms with van der Waals surface area (Å²) >= 11 is 0. The molecule has 2 rings (SSSR count). The van der Waals surface area contributed by atoms with E-state index in [2.05, 4.69) is 59.4 Å². The van der Waals surface area contributed by atoms with E-state index in [1.165, 1.54) is 27.7 Å². The monoisotopic (exact) mass is 244 g/mol. The molecular formula is C16H24N2. The van der Waals surface area contributed by atoms with Crippen LogP contribution in [-0.2, 0) is 7.05 Å². The molecule has 2 heteroatoms. The lowest BCUT2D eigenvalue weighted by atomic mass is 9.95. The van der Waals surface area contributed by atoms with Crippen LogP contribution in [0.25, 0.3) is 10.9 Å². The minimum atomic E-state index is 0.465. The van der Waals surface area contributed by atoms with Gasteiger partial charge in [-0.2, -0.15) is 0 Å². The molecule has 0 N–H and O–H groups in total. The van der Waals surface area contributed by atoms with Gasteiger partial charge in [-0.15, -0.1) is 0 Å². The fraction of sp³-hybridized carbons (Fsp3) is 0.562. The predicted octanol–water partition coefficient (Wildman–Crippen LogP) is 4.44. The lowest BCUT2D eigenvalue weighted by Crippen LogP contribution is -2.01. The van der Waals surface area contributed by atoms with Crippen LogP contribution < -0.4 is 0 Å². The fourth-order valence-corrected chi connectivity index (χ4v) is 2.72. The van der Waals surface area contributed by atoms with Crippen molar-refractivity contribution in [2.45, 2.75) is 53.4 Å². The van der Waals surface area contributed by atoms with E-state index in [1.54, 1.807) is 0 Å². The molecule has 2 nitrogen and oxygen atoms in total. The predicted molar refractivity (Wildman–Crippen MR) is 78.4 cm³/mol. The quantitative estimate of drug-likeness (QED) is 0.763. The van der Waals surface area contributed by atoms with Crippen molar-refractivity contribution in [1.29, 1.82) is 0 Å². The molecule has 0 amide bonds. The molecule has 0 aromatic carbocycles. The minimum absolute atomic E-state index is 0.465. The van der Waals surface area contributed by atoms with Crippen LogP contribution in [0.4, 0.5) is 0 Å². The maximum atomic E-state index is 4.84. The Bertz CT molecular complexity index is 589. The Kier molecular flexibility index (Phi) is 3.22. The number of nitrogens with zero attached hydrogens (tertiary/aromatic N) is 2. The molecule has 0 atom stereocenters. The molecular weight excluding hydrogens is 220 g/mol. The maximum Gasteiger partial charge on any atom is 0.0547 e. The van der Waals surface area contributed by atoms with Gasteiger partial charge in [0.25, 0.3) is 0 Å². The lowest BCUT2D eigenvalue weighted by Gasteiger charge is -2.14. The zero-order chi connectivity index (χ0) is 13.6. The second kappa shape index (κ2) is 4.42. The Balaban J connectivity index is 2.97. The summed E-state index contributed by atoms with van der Waals surface area (Å²) in [4.78, 5) is 4.84. The lowest BCUT2D eigenvalue weighted by molar-refractivity contribution is 0.817. The molecule has 0 aliphatic carbocycles. The number of hydrogen-bond acceptors (Lipinski definition) is 1. The van der Waals surface area contributed by atoms with Crippen molar-refractivity contribution < 1.29 is 0 Å². The van der Waals surface area contributed by atoms with Crippen LogP contribution in [0.15, 0.2) is 6.20 Å². The Hall–Kier alpha value is -1.31. The van der Waals surface area contributed by atoms with Crippen LogP contribution in [0.3, 0.4) is 0 Å². The molecule has 98 valence electrons. The van der Waals surface area contributed by atoms with Crippen molar-refractivity contribution in [3.8, 4) is 0 Å². The van der Waals surface area contributed by atoms with Gasteiger partial charge in [-0.25, -0.2) is 0 Å². The Morgan fingerprint density at radius 1 is 1.06 bits per heavy atom. The normalized spacial score (nSPS) is 12.1. The van der Waals surface area contributed by atoms with E-state index in [1.807, 2.05) is 0 Å². The van der Waals surface area contributed by atoms with E-state index >= 15 is 0 Å². The number of hydrogen-bond donors (Lipinski definition) is 0. The second-order valence-electron chi connectivity index (χ2n) is 5.94. The first kappa shape index (κ1) is 13.1. The molecule has 2 aromatic heterocycles. The van der Waals surface area contributed by atoms with Crippen molar-refractivity contribution in [2.75, 3.05) is 0 Å². The molecule has 18 heavy (non-hydrogen) atoms. The molecule has 0 aliphatic heterocycles. The van der Waals surface area contributed by atoms with E-state index in [0.29, 0.717) is 11.8 Å². The van der Waals surface area contributed by atoms with Gasteiger partial charge in [-0.3, -0.25) is 4.98 Å². The zero-order valence-corrected chi connectivity index (χ0v) is 12.6. The molecule has 0 radical (unpaired) electrons. The van der Waals surface area contributed by atoms with Crippen LogP contribution in [0, 0.1) is 13.8 Å². The van der Waals surface area contributed by atoms with E-state index in [4.69, 9.17) is 4.98 Å². The topological polar surface area (TPSA) is 17.8 Å². The van der Waals surface area contributed by atoms with Crippen molar-refractivity contribution in [3.05, 3.63) is 28.7 Å². The van der Waals surface area contributed by atoms with Gasteiger partial charge in [0.1, 0.15) is 0 Å². The average molecular weight is 244 g/mol. The number of aromatic nitrogens is 2. The molecule has 0 saturated carbocycles. The van der Waals surface area contributed by atoms with Crippen molar-refractivity contribution in [3.63, 3.8) is 0 Å². The molecule has 0 aliphatic rings. The number of pyridine rings is 1. The molecule has 2 heterocycles. The van der Waals surface area contributed by atoms with Gasteiger partial charge in [0.05, 0.1) is 11.2 Å². The first-order chi connectivity index (χ1) is 8.34. The fourth-order valence-electron chi connectivity index (χ4n) is 2.72. The largest absolute Gasteiger partial charge is 0.350 e. The van der Waals surface area contributed by atoms with Gasteiger partial charge >= 0.3 is 0 Å². The molecule has 0 saturated heterocycles. The summed E-state index contributed by atoms with van der Waals surface area (Å²) in [5.74, 6) is 1.00. The van der Waals surface area contributed by atoms with E-state index in [-0.39, 0.29) is 0 Å². The third-order valence-electron chi connectivity index (χ3n) is 3.82. The summed E-state index contributed by atoms with van der Waals surface area (Å²) in [5.41, 5.74) is 6.49. The van der Waals surface area contributed by atoms with Crippen LogP contribution in [-0.4, -0.2) is 9.55 Å². The van der Waals surface area contributed by atoms with Gasteiger partial charge in [-0.1, -0.05) is 27.7 Å². The highest BCUT2D eigenvalue weighted by molar-refractivity contribution is 5.90. The van der Waals surface area contributed by atoms with E-state index in [0.717, 1.165) is 5.69 Å². The summed E-state index contributed by atoms with van der Waals surface area (Å²) in [6, 6.07) is 0. The molecule has 0 unspecified atom stereocenters. The minimum Gasteiger partial charge on any atom is -0.350 e. The van der Waals surface area contributed by atoms with Gasteiger partial charge in [0, 0.05) is 24.3 Å². The summed E-state index contributed by atoms with van der Waals surface area (Å²) in [5, 5.41) is 1.38.